The molecule has 0 aromatic carbocycles. The van der Waals surface area contributed by atoms with Crippen LogP contribution in [0.2, 0.25) is 0 Å². The smallest absolute Gasteiger partial charge is 0.140 e. The highest BCUT2D eigenvalue weighted by molar-refractivity contribution is 7.98. The summed E-state index contributed by atoms with van der Waals surface area (Å²) >= 11 is 1.90. The Morgan fingerprint density at radius 3 is 2.74 bits per heavy atom. The molecule has 0 fully saturated rings. The fraction of sp³-hybridized carbons (Fsp3) is 0.733. The van der Waals surface area contributed by atoms with Gasteiger partial charge in [-0.1, -0.05) is 20.3 Å². The zero-order valence-electron chi connectivity index (χ0n) is 12.2. The first-order valence-electron chi connectivity index (χ1n) is 7.55. The van der Waals surface area contributed by atoms with Crippen LogP contribution in [0.15, 0.2) is 0 Å². The van der Waals surface area contributed by atoms with Crippen molar-refractivity contribution in [3.05, 3.63) is 17.1 Å². The third kappa shape index (κ3) is 4.10. The van der Waals surface area contributed by atoms with Crippen LogP contribution in [0, 0.1) is 0 Å². The molecule has 3 nitrogen and oxygen atoms in total. The minimum absolute atomic E-state index is 0.935. The predicted octanol–water partition coefficient (Wildman–Crippen LogP) is 3.82. The van der Waals surface area contributed by atoms with Crippen molar-refractivity contribution in [1.82, 2.24) is 9.97 Å². The summed E-state index contributed by atoms with van der Waals surface area (Å²) in [5.41, 5.74) is 2.69. The summed E-state index contributed by atoms with van der Waals surface area (Å²) in [4.78, 5) is 9.57. The van der Waals surface area contributed by atoms with Gasteiger partial charge < -0.3 is 5.32 Å². The van der Waals surface area contributed by atoms with Crippen molar-refractivity contribution in [3.8, 4) is 0 Å². The molecule has 1 aromatic heterocycles. The van der Waals surface area contributed by atoms with Crippen LogP contribution < -0.4 is 5.32 Å². The number of rotatable bonds is 6. The van der Waals surface area contributed by atoms with Gasteiger partial charge >= 0.3 is 0 Å². The van der Waals surface area contributed by atoms with Crippen molar-refractivity contribution in [2.45, 2.75) is 58.1 Å². The summed E-state index contributed by atoms with van der Waals surface area (Å²) in [6.07, 6.45) is 7.28. The number of nitrogens with zero attached hydrogens (tertiary/aromatic N) is 2. The number of aryl methyl sites for hydroxylation is 1. The third-order valence-corrected chi connectivity index (χ3v) is 4.33. The van der Waals surface area contributed by atoms with E-state index in [1.165, 1.54) is 30.5 Å². The molecule has 2 rings (SSSR count). The molecule has 0 saturated heterocycles. The summed E-state index contributed by atoms with van der Waals surface area (Å²) in [6.45, 7) is 5.38. The van der Waals surface area contributed by atoms with Crippen LogP contribution in [0.3, 0.4) is 0 Å². The lowest BCUT2D eigenvalue weighted by atomic mass is 10.1. The lowest BCUT2D eigenvalue weighted by Crippen LogP contribution is -2.11. The van der Waals surface area contributed by atoms with Crippen molar-refractivity contribution >= 4 is 17.6 Å². The normalized spacial score (nSPS) is 14.8. The van der Waals surface area contributed by atoms with E-state index >= 15 is 0 Å². The Morgan fingerprint density at radius 2 is 1.95 bits per heavy atom. The van der Waals surface area contributed by atoms with E-state index < -0.39 is 0 Å². The standard InChI is InChI=1S/C15H25N3S/c1-3-10-16-15-12-8-6-5-7-9-13(12)17-14(18-15)11-19-4-2/h3-11H2,1-2H3,(H,16,17,18). The Kier molecular flexibility index (Phi) is 5.95. The maximum atomic E-state index is 4.81. The molecule has 1 aliphatic rings. The fourth-order valence-electron chi connectivity index (χ4n) is 2.47. The molecule has 0 bridgehead atoms. The van der Waals surface area contributed by atoms with Gasteiger partial charge in [0.2, 0.25) is 0 Å². The second-order valence-corrected chi connectivity index (χ2v) is 6.31. The summed E-state index contributed by atoms with van der Waals surface area (Å²) in [5, 5.41) is 3.51. The van der Waals surface area contributed by atoms with Crippen molar-refractivity contribution in [1.29, 1.82) is 0 Å². The fourth-order valence-corrected chi connectivity index (χ4v) is 2.99. The van der Waals surface area contributed by atoms with Gasteiger partial charge in [0.25, 0.3) is 0 Å². The van der Waals surface area contributed by atoms with Crippen LogP contribution >= 0.6 is 11.8 Å². The predicted molar refractivity (Wildman–Crippen MR) is 83.9 cm³/mol. The minimum atomic E-state index is 0.935. The third-order valence-electron chi connectivity index (χ3n) is 3.46. The SMILES string of the molecule is CCCNc1nc(CSCC)nc2c1CCCCC2. The summed E-state index contributed by atoms with van der Waals surface area (Å²) in [7, 11) is 0. The van der Waals surface area contributed by atoms with Crippen LogP contribution in [-0.2, 0) is 18.6 Å². The number of aromatic nitrogens is 2. The van der Waals surface area contributed by atoms with E-state index in [1.807, 2.05) is 11.8 Å². The van der Waals surface area contributed by atoms with E-state index in [-0.39, 0.29) is 0 Å². The molecule has 0 radical (unpaired) electrons. The van der Waals surface area contributed by atoms with Gasteiger partial charge in [-0.2, -0.15) is 11.8 Å². The molecule has 106 valence electrons. The summed E-state index contributed by atoms with van der Waals surface area (Å²) < 4.78 is 0. The average Bonchev–Trinajstić information content (AvgIpc) is 2.67. The number of hydrogen-bond acceptors (Lipinski definition) is 4. The minimum Gasteiger partial charge on any atom is -0.370 e. The quantitative estimate of drug-likeness (QED) is 0.803. The van der Waals surface area contributed by atoms with Crippen molar-refractivity contribution in [2.24, 2.45) is 0 Å². The van der Waals surface area contributed by atoms with Gasteiger partial charge in [-0.25, -0.2) is 9.97 Å². The van der Waals surface area contributed by atoms with Crippen LogP contribution in [0.1, 0.15) is 56.6 Å². The van der Waals surface area contributed by atoms with Gasteiger partial charge in [0, 0.05) is 17.8 Å². The van der Waals surface area contributed by atoms with E-state index in [0.29, 0.717) is 0 Å². The van der Waals surface area contributed by atoms with Gasteiger partial charge in [-0.05, 0) is 37.9 Å². The monoisotopic (exact) mass is 279 g/mol. The average molecular weight is 279 g/mol. The molecule has 1 aromatic rings. The zero-order valence-corrected chi connectivity index (χ0v) is 13.0. The van der Waals surface area contributed by atoms with Crippen molar-refractivity contribution in [2.75, 3.05) is 17.6 Å². The first kappa shape index (κ1) is 14.6. The maximum Gasteiger partial charge on any atom is 0.140 e. The number of nitrogens with one attached hydrogen (secondary N) is 1. The Labute approximate surface area is 121 Å². The largest absolute Gasteiger partial charge is 0.370 e. The first-order chi connectivity index (χ1) is 9.35. The number of thioether (sulfide) groups is 1. The topological polar surface area (TPSA) is 37.8 Å². The van der Waals surface area contributed by atoms with E-state index in [4.69, 9.17) is 9.97 Å². The van der Waals surface area contributed by atoms with Crippen LogP contribution in [0.4, 0.5) is 5.82 Å². The summed E-state index contributed by atoms with van der Waals surface area (Å²) in [6, 6.07) is 0. The van der Waals surface area contributed by atoms with Gasteiger partial charge in [0.1, 0.15) is 11.6 Å². The van der Waals surface area contributed by atoms with Crippen LogP contribution in [0.5, 0.6) is 0 Å². The van der Waals surface area contributed by atoms with Gasteiger partial charge in [-0.3, -0.25) is 0 Å². The highest BCUT2D eigenvalue weighted by Crippen LogP contribution is 2.25. The van der Waals surface area contributed by atoms with Gasteiger partial charge in [0.05, 0.1) is 5.75 Å². The van der Waals surface area contributed by atoms with E-state index in [9.17, 15) is 0 Å². The van der Waals surface area contributed by atoms with Crippen molar-refractivity contribution in [3.63, 3.8) is 0 Å². The van der Waals surface area contributed by atoms with E-state index in [1.54, 1.807) is 0 Å². The molecule has 0 aliphatic heterocycles. The van der Waals surface area contributed by atoms with Crippen LogP contribution in [0.25, 0.3) is 0 Å². The number of hydrogen-bond donors (Lipinski definition) is 1. The Balaban J connectivity index is 2.25. The molecule has 1 heterocycles. The highest BCUT2D eigenvalue weighted by atomic mass is 32.2. The lowest BCUT2D eigenvalue weighted by Gasteiger charge is -2.14. The molecule has 0 spiro atoms. The number of anilines is 1. The zero-order chi connectivity index (χ0) is 13.5. The Bertz CT molecular complexity index is 407. The molecule has 0 saturated carbocycles. The van der Waals surface area contributed by atoms with Gasteiger partial charge in [0.15, 0.2) is 0 Å². The molecule has 1 aliphatic carbocycles. The van der Waals surface area contributed by atoms with E-state index in [2.05, 4.69) is 19.2 Å². The molecule has 4 heteroatoms. The molecule has 1 N–H and O–H groups in total. The van der Waals surface area contributed by atoms with E-state index in [0.717, 1.165) is 49.0 Å². The molecule has 19 heavy (non-hydrogen) atoms. The molecular weight excluding hydrogens is 254 g/mol. The molecule has 0 unspecified atom stereocenters. The Hall–Kier alpha value is -0.770. The number of fused-ring (bicyclic) bond motifs is 1. The Morgan fingerprint density at radius 1 is 1.11 bits per heavy atom. The molecular formula is C15H25N3S. The van der Waals surface area contributed by atoms with Crippen LogP contribution in [-0.4, -0.2) is 22.3 Å². The molecule has 0 amide bonds. The highest BCUT2D eigenvalue weighted by Gasteiger charge is 2.16. The lowest BCUT2D eigenvalue weighted by molar-refractivity contribution is 0.708. The molecule has 0 atom stereocenters. The van der Waals surface area contributed by atoms with Crippen molar-refractivity contribution < 1.29 is 0 Å². The second-order valence-electron chi connectivity index (χ2n) is 5.04. The summed E-state index contributed by atoms with van der Waals surface area (Å²) in [5.74, 6) is 4.18. The maximum absolute atomic E-state index is 4.81. The van der Waals surface area contributed by atoms with Gasteiger partial charge in [-0.15, -0.1) is 0 Å². The second kappa shape index (κ2) is 7.73. The first-order valence-corrected chi connectivity index (χ1v) is 8.70.